The summed E-state index contributed by atoms with van der Waals surface area (Å²) in [6.45, 7) is 12.8. The molecule has 0 atom stereocenters. The molecule has 14 nitrogen and oxygen atoms in total. The van der Waals surface area contributed by atoms with Crippen molar-refractivity contribution in [2.75, 3.05) is 16.4 Å². The number of esters is 2. The number of hydrogen-bond donors (Lipinski definition) is 5. The molecule has 10 rings (SSSR count). The Labute approximate surface area is 487 Å². The van der Waals surface area contributed by atoms with E-state index in [1.165, 1.54) is 30.7 Å². The standard InChI is InChI=1S/C29H27NO4.C24H17NO5.C17H19NO2/c1-19-16-21(23-14-15-33-18-23)10-12-24(19)27(31)30-26-17-22(20-8-6-5-7-9-20)11-13-25(26)28(32)34-29(2,3)4;26-22-13-17(18-10-11-30-14-18)7-9-20(22)23(27)25-21-12-16(6-8-19(21)24(28)29)15-4-2-1-3-5-15;1-17(2,3)20-16(19)14-10-9-13(11-15(14)18)12-7-5-4-6-8-12/h5-18H,1-4H3,(H,30,31);1-14,26H,(H,25,27)(H,28,29);4-11H,18H2,1-3H3. The number of phenolic OH excluding ortho intramolecular Hbond substituents is 1. The summed E-state index contributed by atoms with van der Waals surface area (Å²) >= 11 is 0. The molecular formula is C70H63N3O11. The summed E-state index contributed by atoms with van der Waals surface area (Å²) in [5.41, 5.74) is 16.7. The Morgan fingerprint density at radius 3 is 1.19 bits per heavy atom. The highest BCUT2D eigenvalue weighted by Gasteiger charge is 2.24. The molecule has 2 heterocycles. The first-order chi connectivity index (χ1) is 40.1. The SMILES string of the molecule is CC(C)(C)OC(=O)c1ccc(-c2ccccc2)cc1N.Cc1cc(-c2ccoc2)ccc1C(=O)Nc1cc(-c2ccccc2)ccc1C(=O)OC(C)(C)C.O=C(Nc1cc(-c2ccccc2)ccc1C(=O)O)c1ccc(-c2ccoc2)cc1O. The number of carboxylic acids is 1. The number of nitrogens with one attached hydrogen (secondary N) is 2. The van der Waals surface area contributed by atoms with Crippen LogP contribution in [0, 0.1) is 6.92 Å². The van der Waals surface area contributed by atoms with E-state index >= 15 is 0 Å². The maximum Gasteiger partial charge on any atom is 0.340 e. The normalized spacial score (nSPS) is 10.9. The predicted molar refractivity (Wildman–Crippen MR) is 328 cm³/mol. The van der Waals surface area contributed by atoms with Gasteiger partial charge in [-0.2, -0.15) is 0 Å². The molecule has 0 unspecified atom stereocenters. The first-order valence-corrected chi connectivity index (χ1v) is 26.8. The number of carbonyl (C=O) groups is 5. The van der Waals surface area contributed by atoms with E-state index in [4.69, 9.17) is 24.0 Å². The molecule has 0 bridgehead atoms. The minimum absolute atomic E-state index is 0.0312. The van der Waals surface area contributed by atoms with Crippen LogP contribution in [0.3, 0.4) is 0 Å². The van der Waals surface area contributed by atoms with Crippen LogP contribution < -0.4 is 16.4 Å². The number of aromatic hydroxyl groups is 1. The van der Waals surface area contributed by atoms with E-state index in [1.54, 1.807) is 61.1 Å². The maximum atomic E-state index is 13.3. The minimum atomic E-state index is -1.16. The molecule has 0 aliphatic rings. The van der Waals surface area contributed by atoms with Crippen molar-refractivity contribution in [3.05, 3.63) is 253 Å². The number of phenols is 1. The van der Waals surface area contributed by atoms with Crippen LogP contribution in [0.25, 0.3) is 55.6 Å². The number of anilines is 3. The van der Waals surface area contributed by atoms with E-state index in [1.807, 2.05) is 176 Å². The number of benzene rings is 8. The molecule has 0 saturated heterocycles. The van der Waals surface area contributed by atoms with E-state index in [9.17, 15) is 34.2 Å². The third kappa shape index (κ3) is 15.6. The van der Waals surface area contributed by atoms with E-state index in [0.717, 1.165) is 55.6 Å². The van der Waals surface area contributed by atoms with Crippen molar-refractivity contribution in [3.63, 3.8) is 0 Å². The monoisotopic (exact) mass is 1120 g/mol. The molecule has 0 aliphatic carbocycles. The zero-order valence-corrected chi connectivity index (χ0v) is 47.4. The highest BCUT2D eigenvalue weighted by Crippen LogP contribution is 2.33. The van der Waals surface area contributed by atoms with Crippen LogP contribution in [0.5, 0.6) is 5.75 Å². The van der Waals surface area contributed by atoms with Gasteiger partial charge in [0.2, 0.25) is 0 Å². The number of furan rings is 2. The first-order valence-electron chi connectivity index (χ1n) is 26.8. The Kier molecular flexibility index (Phi) is 18.6. The van der Waals surface area contributed by atoms with Crippen molar-refractivity contribution in [1.82, 2.24) is 0 Å². The van der Waals surface area contributed by atoms with Gasteiger partial charge in [-0.25, -0.2) is 14.4 Å². The van der Waals surface area contributed by atoms with E-state index in [-0.39, 0.29) is 28.5 Å². The fourth-order valence-electron chi connectivity index (χ4n) is 8.74. The number of amides is 2. The van der Waals surface area contributed by atoms with Gasteiger partial charge in [0.15, 0.2) is 0 Å². The highest BCUT2D eigenvalue weighted by molar-refractivity contribution is 6.11. The number of ether oxygens (including phenoxy) is 2. The second-order valence-corrected chi connectivity index (χ2v) is 21.4. The maximum absolute atomic E-state index is 13.3. The minimum Gasteiger partial charge on any atom is -0.507 e. The topological polar surface area (TPSA) is 221 Å². The van der Waals surface area contributed by atoms with Gasteiger partial charge in [0.1, 0.15) is 17.0 Å². The molecule has 0 spiro atoms. The van der Waals surface area contributed by atoms with E-state index in [0.29, 0.717) is 33.6 Å². The molecule has 8 aromatic carbocycles. The van der Waals surface area contributed by atoms with Gasteiger partial charge in [0, 0.05) is 22.4 Å². The lowest BCUT2D eigenvalue weighted by Gasteiger charge is -2.21. The number of carboxylic acid groups (broad SMARTS) is 1. The number of aromatic carboxylic acids is 1. The molecule has 424 valence electrons. The van der Waals surface area contributed by atoms with Gasteiger partial charge in [-0.1, -0.05) is 127 Å². The first kappa shape index (κ1) is 59.4. The molecule has 2 aromatic heterocycles. The van der Waals surface area contributed by atoms with Crippen LogP contribution in [-0.2, 0) is 9.47 Å². The van der Waals surface area contributed by atoms with Crippen molar-refractivity contribution in [3.8, 4) is 61.4 Å². The predicted octanol–water partition coefficient (Wildman–Crippen LogP) is 16.3. The smallest absolute Gasteiger partial charge is 0.340 e. The van der Waals surface area contributed by atoms with Crippen LogP contribution in [0.2, 0.25) is 0 Å². The van der Waals surface area contributed by atoms with Gasteiger partial charge in [0.25, 0.3) is 11.8 Å². The Morgan fingerprint density at radius 2 is 0.786 bits per heavy atom. The van der Waals surface area contributed by atoms with Gasteiger partial charge in [-0.3, -0.25) is 9.59 Å². The molecule has 6 N–H and O–H groups in total. The summed E-state index contributed by atoms with van der Waals surface area (Å²) in [5.74, 6) is -3.18. The molecule has 2 amide bonds. The Bertz CT molecular complexity index is 3940. The van der Waals surface area contributed by atoms with Crippen LogP contribution in [0.15, 0.2) is 228 Å². The van der Waals surface area contributed by atoms with Crippen LogP contribution in [0.4, 0.5) is 17.1 Å². The van der Waals surface area contributed by atoms with Crippen LogP contribution in [0.1, 0.15) is 98.9 Å². The molecule has 84 heavy (non-hydrogen) atoms. The van der Waals surface area contributed by atoms with Gasteiger partial charge in [-0.15, -0.1) is 0 Å². The molecule has 0 fully saturated rings. The third-order valence-electron chi connectivity index (χ3n) is 12.8. The fourth-order valence-corrected chi connectivity index (χ4v) is 8.74. The molecule has 14 heteroatoms. The highest BCUT2D eigenvalue weighted by atomic mass is 16.6. The number of aryl methyl sites for hydroxylation is 1. The van der Waals surface area contributed by atoms with Crippen molar-refractivity contribution in [2.24, 2.45) is 0 Å². The van der Waals surface area contributed by atoms with Crippen molar-refractivity contribution >= 4 is 46.8 Å². The number of hydrogen-bond acceptors (Lipinski definition) is 11. The Hall–Kier alpha value is -10.7. The lowest BCUT2D eigenvalue weighted by molar-refractivity contribution is 0.00581. The number of nitrogen functional groups attached to an aromatic ring is 1. The molecule has 0 saturated carbocycles. The second-order valence-electron chi connectivity index (χ2n) is 21.4. The summed E-state index contributed by atoms with van der Waals surface area (Å²) in [7, 11) is 0. The number of carbonyl (C=O) groups excluding carboxylic acids is 4. The van der Waals surface area contributed by atoms with Gasteiger partial charge < -0.3 is 44.9 Å². The Balaban J connectivity index is 0.000000170. The third-order valence-corrected chi connectivity index (χ3v) is 12.8. The summed E-state index contributed by atoms with van der Waals surface area (Å²) in [6, 6.07) is 58.4. The average molecular weight is 1120 g/mol. The zero-order chi connectivity index (χ0) is 60.1. The number of nitrogens with two attached hydrogens (primary N) is 1. The second kappa shape index (κ2) is 26.2. The number of rotatable bonds is 12. The molecular weight excluding hydrogens is 1060 g/mol. The summed E-state index contributed by atoms with van der Waals surface area (Å²) in [6.07, 6.45) is 6.32. The lowest BCUT2D eigenvalue weighted by Crippen LogP contribution is -2.25. The molecule has 0 aliphatic heterocycles. The lowest BCUT2D eigenvalue weighted by atomic mass is 10.00. The van der Waals surface area contributed by atoms with E-state index < -0.39 is 35.0 Å². The van der Waals surface area contributed by atoms with Crippen molar-refractivity contribution in [2.45, 2.75) is 59.7 Å². The molecule has 0 radical (unpaired) electrons. The quantitative estimate of drug-likeness (QED) is 0.0570. The zero-order valence-electron chi connectivity index (χ0n) is 47.4. The van der Waals surface area contributed by atoms with Gasteiger partial charge >= 0.3 is 17.9 Å². The summed E-state index contributed by atoms with van der Waals surface area (Å²) < 4.78 is 21.1. The van der Waals surface area contributed by atoms with Gasteiger partial charge in [0.05, 0.1) is 58.7 Å². The molecule has 10 aromatic rings. The Morgan fingerprint density at radius 1 is 0.417 bits per heavy atom. The average Bonchev–Trinajstić information content (AvgIpc) is 4.37. The van der Waals surface area contributed by atoms with E-state index in [2.05, 4.69) is 10.6 Å². The van der Waals surface area contributed by atoms with Crippen LogP contribution in [-0.4, -0.2) is 51.1 Å². The van der Waals surface area contributed by atoms with Crippen LogP contribution >= 0.6 is 0 Å². The summed E-state index contributed by atoms with van der Waals surface area (Å²) in [5, 5.41) is 25.4. The fraction of sp³-hybridized carbons (Fsp3) is 0.129. The van der Waals surface area contributed by atoms with Crippen molar-refractivity contribution in [1.29, 1.82) is 0 Å². The van der Waals surface area contributed by atoms with Crippen molar-refractivity contribution < 1.29 is 52.5 Å². The largest absolute Gasteiger partial charge is 0.507 e. The van der Waals surface area contributed by atoms with Gasteiger partial charge in [-0.05, 0) is 165 Å². The summed E-state index contributed by atoms with van der Waals surface area (Å²) in [4.78, 5) is 62.6.